The van der Waals surface area contributed by atoms with Gasteiger partial charge in [0.1, 0.15) is 0 Å². The van der Waals surface area contributed by atoms with Crippen molar-refractivity contribution in [2.24, 2.45) is 0 Å². The lowest BCUT2D eigenvalue weighted by molar-refractivity contribution is 0.0692. The standard InChI is InChI=1S/C14H18O5S/c15-14(16)12-7-1-2-8-13(12)20(17,18)10-4-6-11-5-3-9-19-11/h1-2,7-8,11H,3-6,9-10H2,(H,15,16). The van der Waals surface area contributed by atoms with E-state index in [4.69, 9.17) is 9.84 Å². The third-order valence-electron chi connectivity index (χ3n) is 3.42. The van der Waals surface area contributed by atoms with Crippen LogP contribution in [0.1, 0.15) is 36.0 Å². The molecule has 6 heteroatoms. The number of rotatable bonds is 6. The summed E-state index contributed by atoms with van der Waals surface area (Å²) in [6.45, 7) is 0.749. The van der Waals surface area contributed by atoms with Crippen LogP contribution in [0.15, 0.2) is 29.2 Å². The SMILES string of the molecule is O=C(O)c1ccccc1S(=O)(=O)CCCC1CCCO1. The third-order valence-corrected chi connectivity index (χ3v) is 5.27. The largest absolute Gasteiger partial charge is 0.478 e. The number of hydrogen-bond acceptors (Lipinski definition) is 4. The van der Waals surface area contributed by atoms with Gasteiger partial charge in [-0.15, -0.1) is 0 Å². The Balaban J connectivity index is 2.04. The third kappa shape index (κ3) is 3.58. The molecule has 1 unspecified atom stereocenters. The Bertz CT molecular complexity index is 573. The second kappa shape index (κ2) is 6.37. The molecule has 1 aromatic rings. The number of aromatic carboxylic acids is 1. The highest BCUT2D eigenvalue weighted by Crippen LogP contribution is 2.21. The maximum absolute atomic E-state index is 12.2. The normalized spacial score (nSPS) is 19.1. The van der Waals surface area contributed by atoms with E-state index in [1.54, 1.807) is 6.07 Å². The summed E-state index contributed by atoms with van der Waals surface area (Å²) in [5.74, 6) is -1.26. The van der Waals surface area contributed by atoms with Crippen LogP contribution in [0.25, 0.3) is 0 Å². The lowest BCUT2D eigenvalue weighted by Gasteiger charge is -2.10. The van der Waals surface area contributed by atoms with Crippen molar-refractivity contribution in [2.45, 2.75) is 36.7 Å². The van der Waals surface area contributed by atoms with Crippen LogP contribution in [0, 0.1) is 0 Å². The van der Waals surface area contributed by atoms with Crippen molar-refractivity contribution < 1.29 is 23.1 Å². The van der Waals surface area contributed by atoms with Crippen molar-refractivity contribution in [1.29, 1.82) is 0 Å². The van der Waals surface area contributed by atoms with Gasteiger partial charge in [-0.05, 0) is 37.8 Å². The Morgan fingerprint density at radius 2 is 2.10 bits per heavy atom. The van der Waals surface area contributed by atoms with Gasteiger partial charge in [0.2, 0.25) is 0 Å². The molecule has 110 valence electrons. The monoisotopic (exact) mass is 298 g/mol. The van der Waals surface area contributed by atoms with Crippen molar-refractivity contribution in [3.8, 4) is 0 Å². The minimum atomic E-state index is -3.56. The fourth-order valence-corrected chi connectivity index (χ4v) is 3.94. The summed E-state index contributed by atoms with van der Waals surface area (Å²) in [5.41, 5.74) is -0.162. The van der Waals surface area contributed by atoms with Crippen LogP contribution in [-0.2, 0) is 14.6 Å². The van der Waals surface area contributed by atoms with Crippen LogP contribution >= 0.6 is 0 Å². The van der Waals surface area contributed by atoms with E-state index in [0.29, 0.717) is 12.8 Å². The number of ether oxygens (including phenoxy) is 1. The first-order valence-electron chi connectivity index (χ1n) is 6.67. The number of carbonyl (C=O) groups is 1. The second-order valence-corrected chi connectivity index (χ2v) is 6.98. The van der Waals surface area contributed by atoms with Gasteiger partial charge in [0, 0.05) is 6.61 Å². The Morgan fingerprint density at radius 1 is 1.35 bits per heavy atom. The zero-order chi connectivity index (χ0) is 14.6. The average molecular weight is 298 g/mol. The molecule has 1 N–H and O–H groups in total. The van der Waals surface area contributed by atoms with Crippen molar-refractivity contribution >= 4 is 15.8 Å². The predicted octanol–water partition coefficient (Wildman–Crippen LogP) is 2.12. The summed E-state index contributed by atoms with van der Waals surface area (Å²) < 4.78 is 29.9. The molecule has 1 heterocycles. The van der Waals surface area contributed by atoms with Crippen LogP contribution < -0.4 is 0 Å². The molecule has 5 nitrogen and oxygen atoms in total. The van der Waals surface area contributed by atoms with Gasteiger partial charge in [-0.25, -0.2) is 13.2 Å². The summed E-state index contributed by atoms with van der Waals surface area (Å²) in [6.07, 6.45) is 3.35. The smallest absolute Gasteiger partial charge is 0.337 e. The molecule has 1 aliphatic heterocycles. The number of sulfone groups is 1. The van der Waals surface area contributed by atoms with Crippen molar-refractivity contribution in [2.75, 3.05) is 12.4 Å². The molecule has 0 saturated carbocycles. The van der Waals surface area contributed by atoms with Gasteiger partial charge < -0.3 is 9.84 Å². The Kier molecular flexibility index (Phi) is 4.77. The predicted molar refractivity (Wildman–Crippen MR) is 73.7 cm³/mol. The molecule has 0 aliphatic carbocycles. The molecule has 0 bridgehead atoms. The molecule has 0 amide bonds. The van der Waals surface area contributed by atoms with Gasteiger partial charge in [-0.1, -0.05) is 12.1 Å². The van der Waals surface area contributed by atoms with E-state index in [1.807, 2.05) is 0 Å². The van der Waals surface area contributed by atoms with E-state index < -0.39 is 15.8 Å². The highest BCUT2D eigenvalue weighted by molar-refractivity contribution is 7.91. The van der Waals surface area contributed by atoms with Gasteiger partial charge in [-0.3, -0.25) is 0 Å². The molecule has 1 aromatic carbocycles. The summed E-state index contributed by atoms with van der Waals surface area (Å²) >= 11 is 0. The number of benzene rings is 1. The van der Waals surface area contributed by atoms with E-state index in [2.05, 4.69) is 0 Å². The first-order chi connectivity index (χ1) is 9.50. The second-order valence-electron chi connectivity index (χ2n) is 4.90. The van der Waals surface area contributed by atoms with Crippen molar-refractivity contribution in [3.05, 3.63) is 29.8 Å². The molecule has 20 heavy (non-hydrogen) atoms. The molecule has 0 aromatic heterocycles. The highest BCUT2D eigenvalue weighted by atomic mass is 32.2. The molecular formula is C14H18O5S. The van der Waals surface area contributed by atoms with E-state index >= 15 is 0 Å². The van der Waals surface area contributed by atoms with Crippen LogP contribution in [0.3, 0.4) is 0 Å². The number of hydrogen-bond donors (Lipinski definition) is 1. The molecule has 1 fully saturated rings. The van der Waals surface area contributed by atoms with Crippen LogP contribution in [0.5, 0.6) is 0 Å². The van der Waals surface area contributed by atoms with Crippen LogP contribution in [0.2, 0.25) is 0 Å². The fraction of sp³-hybridized carbons (Fsp3) is 0.500. The summed E-state index contributed by atoms with van der Waals surface area (Å²) in [7, 11) is -3.56. The minimum absolute atomic E-state index is 0.0445. The lowest BCUT2D eigenvalue weighted by atomic mass is 10.1. The molecule has 1 atom stereocenters. The number of carboxylic acids is 1. The van der Waals surface area contributed by atoms with E-state index in [9.17, 15) is 13.2 Å². The van der Waals surface area contributed by atoms with Gasteiger partial charge in [0.15, 0.2) is 9.84 Å². The zero-order valence-corrected chi connectivity index (χ0v) is 11.9. The summed E-state index contributed by atoms with van der Waals surface area (Å²) in [4.78, 5) is 11.0. The average Bonchev–Trinajstić information content (AvgIpc) is 2.91. The topological polar surface area (TPSA) is 80.7 Å². The Morgan fingerprint density at radius 3 is 2.75 bits per heavy atom. The highest BCUT2D eigenvalue weighted by Gasteiger charge is 2.23. The molecular weight excluding hydrogens is 280 g/mol. The fourth-order valence-electron chi connectivity index (χ4n) is 2.40. The maximum Gasteiger partial charge on any atom is 0.337 e. The van der Waals surface area contributed by atoms with Gasteiger partial charge in [-0.2, -0.15) is 0 Å². The number of carboxylic acid groups (broad SMARTS) is 1. The van der Waals surface area contributed by atoms with Gasteiger partial charge in [0.25, 0.3) is 0 Å². The Hall–Kier alpha value is -1.40. The van der Waals surface area contributed by atoms with Gasteiger partial charge in [0.05, 0.1) is 22.3 Å². The maximum atomic E-state index is 12.2. The first-order valence-corrected chi connectivity index (χ1v) is 8.32. The van der Waals surface area contributed by atoms with Gasteiger partial charge >= 0.3 is 5.97 Å². The van der Waals surface area contributed by atoms with Crippen LogP contribution in [0.4, 0.5) is 0 Å². The minimum Gasteiger partial charge on any atom is -0.478 e. The van der Waals surface area contributed by atoms with E-state index in [-0.39, 0.29) is 22.3 Å². The quantitative estimate of drug-likeness (QED) is 0.870. The summed E-state index contributed by atoms with van der Waals surface area (Å²) in [5, 5.41) is 9.04. The van der Waals surface area contributed by atoms with Crippen LogP contribution in [-0.4, -0.2) is 38.0 Å². The molecule has 2 rings (SSSR count). The molecule has 0 spiro atoms. The zero-order valence-electron chi connectivity index (χ0n) is 11.1. The van der Waals surface area contributed by atoms with E-state index in [1.165, 1.54) is 18.2 Å². The first kappa shape index (κ1) is 15.0. The Labute approximate surface area is 118 Å². The van der Waals surface area contributed by atoms with Crippen molar-refractivity contribution in [1.82, 2.24) is 0 Å². The molecule has 1 aliphatic rings. The van der Waals surface area contributed by atoms with Crippen molar-refractivity contribution in [3.63, 3.8) is 0 Å². The van der Waals surface area contributed by atoms with E-state index in [0.717, 1.165) is 19.4 Å². The molecule has 0 radical (unpaired) electrons. The summed E-state index contributed by atoms with van der Waals surface area (Å²) in [6, 6.07) is 5.73. The lowest BCUT2D eigenvalue weighted by Crippen LogP contribution is -2.14. The molecule has 1 saturated heterocycles.